The molecule has 2 N–H and O–H groups in total. The lowest BCUT2D eigenvalue weighted by atomic mass is 9.91. The highest BCUT2D eigenvalue weighted by molar-refractivity contribution is 7.92. The van der Waals surface area contributed by atoms with Gasteiger partial charge in [0, 0.05) is 35.7 Å². The Balaban J connectivity index is 1.40. The van der Waals surface area contributed by atoms with E-state index in [0.717, 1.165) is 31.2 Å². The third-order valence-corrected chi connectivity index (χ3v) is 8.29. The van der Waals surface area contributed by atoms with Crippen LogP contribution in [0.25, 0.3) is 12.2 Å². The van der Waals surface area contributed by atoms with Gasteiger partial charge in [0.15, 0.2) is 11.6 Å². The first-order valence-electron chi connectivity index (χ1n) is 12.0. The molecule has 0 bridgehead atoms. The molecule has 0 spiro atoms. The molecule has 37 heavy (non-hydrogen) atoms. The normalized spacial score (nSPS) is 18.3. The zero-order chi connectivity index (χ0) is 26.6. The predicted octanol–water partition coefficient (Wildman–Crippen LogP) is 5.23. The number of benzene rings is 1. The fourth-order valence-electron chi connectivity index (χ4n) is 4.28. The van der Waals surface area contributed by atoms with Gasteiger partial charge in [-0.05, 0) is 70.5 Å². The number of anilines is 2. The van der Waals surface area contributed by atoms with Crippen LogP contribution in [0, 0.1) is 12.7 Å². The van der Waals surface area contributed by atoms with E-state index in [0.29, 0.717) is 29.3 Å². The van der Waals surface area contributed by atoms with Crippen LogP contribution in [0.3, 0.4) is 0 Å². The smallest absolute Gasteiger partial charge is 0.264 e. The minimum atomic E-state index is -4.10. The summed E-state index contributed by atoms with van der Waals surface area (Å²) in [5.41, 5.74) is 1.69. The van der Waals surface area contributed by atoms with Crippen molar-refractivity contribution in [2.45, 2.75) is 49.6 Å². The van der Waals surface area contributed by atoms with Crippen LogP contribution in [0.1, 0.15) is 42.5 Å². The van der Waals surface area contributed by atoms with E-state index in [2.05, 4.69) is 44.0 Å². The standard InChI is InChI=1S/C26H30ClFN6O2S/c1-17-19(14-23(28)25(31-17)33-37(35,36)24-7-5-4-6-22(24)27)9-8-18-15-29-26(30-16-18)32-20-10-12-21(13-11-20)34(2)3/h4-9,14-16,20-21H,10-13H2,1-3H3,(H,31,33)(H,29,30,32)/b9-8+. The third-order valence-electron chi connectivity index (χ3n) is 6.45. The van der Waals surface area contributed by atoms with Crippen LogP contribution in [0.15, 0.2) is 47.6 Å². The topological polar surface area (TPSA) is 100 Å². The predicted molar refractivity (Wildman–Crippen MR) is 146 cm³/mol. The zero-order valence-electron chi connectivity index (χ0n) is 20.9. The lowest BCUT2D eigenvalue weighted by molar-refractivity contribution is 0.221. The van der Waals surface area contributed by atoms with E-state index in [1.54, 1.807) is 37.5 Å². The van der Waals surface area contributed by atoms with Crippen LogP contribution in [0.4, 0.5) is 16.2 Å². The quantitative estimate of drug-likeness (QED) is 0.400. The molecular weight excluding hydrogens is 515 g/mol. The van der Waals surface area contributed by atoms with E-state index in [4.69, 9.17) is 11.6 Å². The van der Waals surface area contributed by atoms with Crippen molar-refractivity contribution in [3.05, 3.63) is 70.4 Å². The monoisotopic (exact) mass is 544 g/mol. The highest BCUT2D eigenvalue weighted by atomic mass is 35.5. The van der Waals surface area contributed by atoms with Gasteiger partial charge in [-0.15, -0.1) is 0 Å². The first-order chi connectivity index (χ1) is 17.6. The second-order valence-corrected chi connectivity index (χ2v) is 11.4. The van der Waals surface area contributed by atoms with Crippen LogP contribution < -0.4 is 10.0 Å². The maximum Gasteiger partial charge on any atom is 0.264 e. The number of rotatable bonds is 8. The molecule has 0 atom stereocenters. The molecule has 1 saturated carbocycles. The molecule has 0 unspecified atom stereocenters. The number of pyridine rings is 1. The number of hydrogen-bond acceptors (Lipinski definition) is 7. The maximum absolute atomic E-state index is 14.8. The average Bonchev–Trinajstić information content (AvgIpc) is 2.86. The van der Waals surface area contributed by atoms with E-state index in [1.807, 2.05) is 0 Å². The van der Waals surface area contributed by atoms with Crippen LogP contribution in [0.2, 0.25) is 5.02 Å². The Labute approximate surface area is 222 Å². The van der Waals surface area contributed by atoms with Crippen LogP contribution >= 0.6 is 11.6 Å². The van der Waals surface area contributed by atoms with Crippen molar-refractivity contribution in [3.63, 3.8) is 0 Å². The minimum absolute atomic E-state index is 0.0341. The van der Waals surface area contributed by atoms with Gasteiger partial charge in [-0.3, -0.25) is 4.72 Å². The molecule has 8 nitrogen and oxygen atoms in total. The molecule has 196 valence electrons. The van der Waals surface area contributed by atoms with Crippen LogP contribution in [-0.2, 0) is 10.0 Å². The summed E-state index contributed by atoms with van der Waals surface area (Å²) in [5, 5.41) is 3.44. The number of aromatic nitrogens is 3. The Kier molecular flexibility index (Phi) is 8.41. The lowest BCUT2D eigenvalue weighted by Gasteiger charge is -2.32. The van der Waals surface area contributed by atoms with Gasteiger partial charge in [-0.25, -0.2) is 27.8 Å². The first kappa shape index (κ1) is 27.0. The Morgan fingerprint density at radius 1 is 1.08 bits per heavy atom. The molecule has 1 aliphatic rings. The van der Waals surface area contributed by atoms with Crippen molar-refractivity contribution in [2.24, 2.45) is 0 Å². The number of sulfonamides is 1. The summed E-state index contributed by atoms with van der Waals surface area (Å²) in [4.78, 5) is 15.1. The minimum Gasteiger partial charge on any atom is -0.351 e. The summed E-state index contributed by atoms with van der Waals surface area (Å²) < 4.78 is 42.2. The number of nitrogens with one attached hydrogen (secondary N) is 2. The van der Waals surface area contributed by atoms with Gasteiger partial charge in [0.25, 0.3) is 10.0 Å². The van der Waals surface area contributed by atoms with Gasteiger partial charge in [0.05, 0.1) is 5.02 Å². The van der Waals surface area contributed by atoms with Crippen LogP contribution in [-0.4, -0.2) is 54.4 Å². The van der Waals surface area contributed by atoms with Gasteiger partial charge in [0.1, 0.15) is 4.90 Å². The Morgan fingerprint density at radius 2 is 1.76 bits per heavy atom. The lowest BCUT2D eigenvalue weighted by Crippen LogP contribution is -2.36. The van der Waals surface area contributed by atoms with E-state index in [9.17, 15) is 12.8 Å². The maximum atomic E-state index is 14.8. The van der Waals surface area contributed by atoms with E-state index in [1.165, 1.54) is 24.3 Å². The average molecular weight is 545 g/mol. The summed E-state index contributed by atoms with van der Waals surface area (Å²) >= 11 is 5.99. The van der Waals surface area contributed by atoms with E-state index in [-0.39, 0.29) is 9.92 Å². The van der Waals surface area contributed by atoms with Crippen molar-refractivity contribution >= 4 is 45.5 Å². The van der Waals surface area contributed by atoms with Gasteiger partial charge < -0.3 is 10.2 Å². The number of aryl methyl sites for hydroxylation is 1. The van der Waals surface area contributed by atoms with Gasteiger partial charge in [-0.2, -0.15) is 0 Å². The molecule has 0 radical (unpaired) electrons. The fraction of sp³-hybridized carbons (Fsp3) is 0.346. The largest absolute Gasteiger partial charge is 0.351 e. The Bertz CT molecular complexity index is 1370. The molecule has 0 saturated heterocycles. The fourth-order valence-corrected chi connectivity index (χ4v) is 5.81. The second kappa shape index (κ2) is 11.5. The molecule has 0 aliphatic heterocycles. The van der Waals surface area contributed by atoms with Crippen molar-refractivity contribution in [1.82, 2.24) is 19.9 Å². The summed E-state index contributed by atoms with van der Waals surface area (Å²) in [6.07, 6.45) is 11.3. The highest BCUT2D eigenvalue weighted by Crippen LogP contribution is 2.26. The van der Waals surface area contributed by atoms with Crippen molar-refractivity contribution in [2.75, 3.05) is 24.1 Å². The molecular formula is C26H30ClFN6O2S. The molecule has 4 rings (SSSR count). The Hall–Kier alpha value is -3.08. The Morgan fingerprint density at radius 3 is 2.41 bits per heavy atom. The van der Waals surface area contributed by atoms with Gasteiger partial charge in [0.2, 0.25) is 5.95 Å². The van der Waals surface area contributed by atoms with Crippen LogP contribution in [0.5, 0.6) is 0 Å². The summed E-state index contributed by atoms with van der Waals surface area (Å²) in [5.74, 6) is -0.613. The number of hydrogen-bond donors (Lipinski definition) is 2. The molecule has 3 aromatic rings. The number of halogens is 2. The van der Waals surface area contributed by atoms with Crippen molar-refractivity contribution in [3.8, 4) is 0 Å². The van der Waals surface area contributed by atoms with Gasteiger partial charge >= 0.3 is 0 Å². The van der Waals surface area contributed by atoms with E-state index < -0.39 is 21.7 Å². The SMILES string of the molecule is Cc1nc(NS(=O)(=O)c2ccccc2Cl)c(F)cc1/C=C/c1cnc(NC2CCC(N(C)C)CC2)nc1. The first-order valence-corrected chi connectivity index (χ1v) is 13.9. The molecule has 0 amide bonds. The molecule has 11 heteroatoms. The molecule has 2 heterocycles. The molecule has 1 aliphatic carbocycles. The molecule has 2 aromatic heterocycles. The number of nitrogens with zero attached hydrogens (tertiary/aromatic N) is 4. The summed E-state index contributed by atoms with van der Waals surface area (Å²) in [7, 11) is 0.146. The second-order valence-electron chi connectivity index (χ2n) is 9.32. The van der Waals surface area contributed by atoms with Crippen molar-refractivity contribution in [1.29, 1.82) is 0 Å². The van der Waals surface area contributed by atoms with Gasteiger partial charge in [-0.1, -0.05) is 35.9 Å². The summed E-state index contributed by atoms with van der Waals surface area (Å²) in [6.45, 7) is 1.67. The molecule has 1 fully saturated rings. The van der Waals surface area contributed by atoms with Crippen molar-refractivity contribution < 1.29 is 12.8 Å². The summed E-state index contributed by atoms with van der Waals surface area (Å²) in [6, 6.07) is 8.15. The third kappa shape index (κ3) is 6.82. The molecule has 1 aromatic carbocycles. The highest BCUT2D eigenvalue weighted by Gasteiger charge is 2.23. The zero-order valence-corrected chi connectivity index (χ0v) is 22.5. The van der Waals surface area contributed by atoms with E-state index >= 15 is 0 Å².